The molecule has 2 heterocycles. The molecule has 9 nitrogen and oxygen atoms in total. The number of ether oxygens (including phenoxy) is 1. The Morgan fingerprint density at radius 2 is 1.65 bits per heavy atom. The summed E-state index contributed by atoms with van der Waals surface area (Å²) in [5.74, 6) is 0.0117. The monoisotopic (exact) mass is 664 g/mol. The topological polar surface area (TPSA) is 131 Å². The summed E-state index contributed by atoms with van der Waals surface area (Å²) < 4.78 is 36.0. The molecule has 11 heteroatoms. The van der Waals surface area contributed by atoms with Crippen molar-refractivity contribution in [3.8, 4) is 27.4 Å². The van der Waals surface area contributed by atoms with E-state index >= 15 is 0 Å². The van der Waals surface area contributed by atoms with Crippen molar-refractivity contribution in [3.05, 3.63) is 72.3 Å². The van der Waals surface area contributed by atoms with E-state index in [0.29, 0.717) is 12.3 Å². The zero-order valence-corrected chi connectivity index (χ0v) is 29.3. The van der Waals surface area contributed by atoms with Gasteiger partial charge in [-0.25, -0.2) is 14.8 Å². The molecule has 0 saturated carbocycles. The number of rotatable bonds is 12. The number of thiazole rings is 1. The average molecular weight is 665 g/mol. The lowest BCUT2D eigenvalue weighted by Gasteiger charge is -2.28. The van der Waals surface area contributed by atoms with Crippen LogP contribution in [0.15, 0.2) is 71.8 Å². The molecule has 46 heavy (non-hydrogen) atoms. The van der Waals surface area contributed by atoms with Gasteiger partial charge in [-0.2, -0.15) is 8.42 Å². The smallest absolute Gasteiger partial charge is 0.326 e. The van der Waals surface area contributed by atoms with Gasteiger partial charge in [0.25, 0.3) is 10.0 Å². The molecule has 0 aliphatic rings. The Kier molecular flexibility index (Phi) is 10.5. The van der Waals surface area contributed by atoms with Gasteiger partial charge in [-0.15, -0.1) is 0 Å². The average Bonchev–Trinajstić information content (AvgIpc) is 3.37. The highest BCUT2D eigenvalue weighted by Gasteiger charge is 2.32. The molecule has 0 saturated heterocycles. The second-order valence-electron chi connectivity index (χ2n) is 13.9. The lowest BCUT2D eigenvalue weighted by molar-refractivity contribution is -0.140. The van der Waals surface area contributed by atoms with E-state index in [-0.39, 0.29) is 27.3 Å². The molecule has 1 atom stereocenters. The molecule has 246 valence electrons. The number of nitrogens with one attached hydrogen (secondary N) is 2. The number of carboxylic acids is 1. The second-order valence-corrected chi connectivity index (χ2v) is 16.5. The molecule has 0 radical (unpaired) electrons. The molecule has 0 aliphatic carbocycles. The number of hydrogen-bond acceptors (Lipinski definition) is 8. The summed E-state index contributed by atoms with van der Waals surface area (Å²) in [7, 11) is -4.18. The van der Waals surface area contributed by atoms with Gasteiger partial charge >= 0.3 is 5.97 Å². The van der Waals surface area contributed by atoms with Crippen LogP contribution in [0.1, 0.15) is 73.3 Å². The molecule has 0 spiro atoms. The lowest BCUT2D eigenvalue weighted by Crippen LogP contribution is -2.41. The molecule has 0 bridgehead atoms. The summed E-state index contributed by atoms with van der Waals surface area (Å²) >= 11 is 1.23. The van der Waals surface area contributed by atoms with Gasteiger partial charge in [0.15, 0.2) is 10.2 Å². The van der Waals surface area contributed by atoms with E-state index in [9.17, 15) is 18.3 Å². The number of benzene rings is 2. The summed E-state index contributed by atoms with van der Waals surface area (Å²) in [6, 6.07) is 19.2. The van der Waals surface area contributed by atoms with E-state index in [1.165, 1.54) is 23.5 Å². The second kappa shape index (κ2) is 13.8. The van der Waals surface area contributed by atoms with Gasteiger partial charge in [-0.1, -0.05) is 109 Å². The molecule has 0 unspecified atom stereocenters. The first-order valence-corrected chi connectivity index (χ1v) is 17.6. The quantitative estimate of drug-likeness (QED) is 0.137. The van der Waals surface area contributed by atoms with E-state index in [1.807, 2.05) is 42.5 Å². The third kappa shape index (κ3) is 8.85. The molecule has 2 aromatic carbocycles. The molecule has 3 N–H and O–H groups in total. The van der Waals surface area contributed by atoms with E-state index in [0.717, 1.165) is 33.7 Å². The fraction of sp³-hybridized carbons (Fsp3) is 0.400. The van der Waals surface area contributed by atoms with Crippen LogP contribution in [0.4, 0.5) is 10.9 Å². The van der Waals surface area contributed by atoms with Crippen LogP contribution in [0, 0.1) is 10.8 Å². The van der Waals surface area contributed by atoms with Crippen molar-refractivity contribution in [1.82, 2.24) is 9.97 Å². The maximum absolute atomic E-state index is 13.6. The minimum atomic E-state index is -4.18. The van der Waals surface area contributed by atoms with E-state index < -0.39 is 27.4 Å². The van der Waals surface area contributed by atoms with Gasteiger partial charge in [0, 0.05) is 5.56 Å². The molecular formula is C35H44N4O5S2. The van der Waals surface area contributed by atoms with E-state index in [1.54, 1.807) is 26.8 Å². The number of carboxylic acid groups (broad SMARTS) is 1. The Labute approximate surface area is 276 Å². The molecule has 4 aromatic rings. The number of nitrogens with zero attached hydrogens (tertiary/aromatic N) is 2. The van der Waals surface area contributed by atoms with E-state index in [2.05, 4.69) is 55.7 Å². The van der Waals surface area contributed by atoms with Crippen LogP contribution < -0.4 is 14.8 Å². The Bertz CT molecular complexity index is 1790. The van der Waals surface area contributed by atoms with Crippen molar-refractivity contribution in [3.63, 3.8) is 0 Å². The molecule has 0 amide bonds. The standard InChI is InChI=1S/C35H44N4O5S2/c1-22(2)25-15-9-10-16-26(25)29-30(23-13-11-14-24(21-23)44-20-19-34(3,4)5)45-33(38-29)39-46(42,43)28-18-12-17-27(36-28)37-31(32(40)41)35(6,7)8/h9-18,21-22,31H,19-20H2,1-8H3,(H,36,37)(H,38,39)(H,40,41)/t31-/m1/s1. The van der Waals surface area contributed by atoms with Crippen LogP contribution in [0.3, 0.4) is 0 Å². The summed E-state index contributed by atoms with van der Waals surface area (Å²) in [5, 5.41) is 12.5. The molecular weight excluding hydrogens is 621 g/mol. The van der Waals surface area contributed by atoms with Crippen molar-refractivity contribution in [2.45, 2.75) is 78.8 Å². The van der Waals surface area contributed by atoms with Gasteiger partial charge < -0.3 is 15.2 Å². The van der Waals surface area contributed by atoms with Gasteiger partial charge in [0.05, 0.1) is 17.2 Å². The normalized spacial score (nSPS) is 13.0. The molecule has 4 rings (SSSR count). The van der Waals surface area contributed by atoms with Gasteiger partial charge in [0.1, 0.15) is 17.6 Å². The first-order valence-electron chi connectivity index (χ1n) is 15.3. The predicted molar refractivity (Wildman–Crippen MR) is 186 cm³/mol. The highest BCUT2D eigenvalue weighted by atomic mass is 32.2. The minimum absolute atomic E-state index is 0.139. The molecule has 2 aromatic heterocycles. The van der Waals surface area contributed by atoms with Crippen molar-refractivity contribution >= 4 is 38.3 Å². The zero-order chi connectivity index (χ0) is 33.9. The van der Waals surface area contributed by atoms with Crippen molar-refractivity contribution in [2.24, 2.45) is 10.8 Å². The zero-order valence-electron chi connectivity index (χ0n) is 27.7. The van der Waals surface area contributed by atoms with Crippen LogP contribution in [0.2, 0.25) is 0 Å². The predicted octanol–water partition coefficient (Wildman–Crippen LogP) is 8.52. The van der Waals surface area contributed by atoms with Crippen LogP contribution in [0.25, 0.3) is 21.7 Å². The minimum Gasteiger partial charge on any atom is -0.494 e. The van der Waals surface area contributed by atoms with Crippen molar-refractivity contribution in [2.75, 3.05) is 16.6 Å². The van der Waals surface area contributed by atoms with Crippen LogP contribution in [-0.4, -0.2) is 42.1 Å². The fourth-order valence-electron chi connectivity index (χ4n) is 4.77. The Morgan fingerprint density at radius 1 is 0.957 bits per heavy atom. The summed E-state index contributed by atoms with van der Waals surface area (Å²) in [4.78, 5) is 21.8. The van der Waals surface area contributed by atoms with Gasteiger partial charge in [0.2, 0.25) is 0 Å². The summed E-state index contributed by atoms with van der Waals surface area (Å²) in [6.07, 6.45) is 0.897. The number of aliphatic carboxylic acids is 1. The Hall–Kier alpha value is -3.96. The van der Waals surface area contributed by atoms with Crippen LogP contribution >= 0.6 is 11.3 Å². The SMILES string of the molecule is CC(C)c1ccccc1-c1nc(NS(=O)(=O)c2cccc(N[C@H](C(=O)O)C(C)(C)C)n2)sc1-c1cccc(OCCC(C)(C)C)c1. The number of pyridine rings is 1. The number of aromatic nitrogens is 2. The number of carbonyl (C=O) groups is 1. The van der Waals surface area contributed by atoms with Crippen LogP contribution in [-0.2, 0) is 14.8 Å². The summed E-state index contributed by atoms with van der Waals surface area (Å²) in [6.45, 7) is 16.7. The van der Waals surface area contributed by atoms with E-state index in [4.69, 9.17) is 9.72 Å². The Morgan fingerprint density at radius 3 is 2.30 bits per heavy atom. The third-order valence-corrected chi connectivity index (χ3v) is 9.70. The first kappa shape index (κ1) is 34.9. The number of sulfonamides is 1. The number of anilines is 2. The maximum Gasteiger partial charge on any atom is 0.326 e. The van der Waals surface area contributed by atoms with Crippen molar-refractivity contribution < 1.29 is 23.1 Å². The first-order chi connectivity index (χ1) is 21.4. The Balaban J connectivity index is 1.72. The van der Waals surface area contributed by atoms with Gasteiger partial charge in [-0.3, -0.25) is 4.72 Å². The highest BCUT2D eigenvalue weighted by molar-refractivity contribution is 7.92. The largest absolute Gasteiger partial charge is 0.494 e. The molecule has 0 aliphatic heterocycles. The van der Waals surface area contributed by atoms with Gasteiger partial charge in [-0.05, 0) is 58.6 Å². The molecule has 0 fully saturated rings. The highest BCUT2D eigenvalue weighted by Crippen LogP contribution is 2.43. The number of hydrogen-bond donors (Lipinski definition) is 3. The fourth-order valence-corrected chi connectivity index (χ4v) is 6.95. The lowest BCUT2D eigenvalue weighted by atomic mass is 9.87. The third-order valence-electron chi connectivity index (χ3n) is 7.31. The van der Waals surface area contributed by atoms with Crippen LogP contribution in [0.5, 0.6) is 5.75 Å². The maximum atomic E-state index is 13.6. The van der Waals surface area contributed by atoms with Crippen molar-refractivity contribution in [1.29, 1.82) is 0 Å². The summed E-state index contributed by atoms with van der Waals surface area (Å²) in [5.41, 5.74) is 3.03.